The molecule has 3 N–H and O–H groups in total. The Bertz CT molecular complexity index is 765. The highest BCUT2D eigenvalue weighted by molar-refractivity contribution is 5.95. The standard InChI is InChI=1S/C16H14N2O5/c19-14(8-9-16(21)22)17-18-15(20)10-23-13-7-3-5-11-4-1-2-6-12(11)13/h1-9H,10H2,(H,17,19)(H,18,20)(H,21,22). The summed E-state index contributed by atoms with van der Waals surface area (Å²) in [5.41, 5.74) is 4.16. The average molecular weight is 314 g/mol. The number of carboxylic acid groups (broad SMARTS) is 1. The molecular formula is C16H14N2O5. The van der Waals surface area contributed by atoms with E-state index in [1.165, 1.54) is 0 Å². The number of hydrogen-bond donors (Lipinski definition) is 3. The highest BCUT2D eigenvalue weighted by Crippen LogP contribution is 2.24. The molecule has 2 amide bonds. The topological polar surface area (TPSA) is 105 Å². The first-order valence-electron chi connectivity index (χ1n) is 6.66. The van der Waals surface area contributed by atoms with Crippen LogP contribution in [0.3, 0.4) is 0 Å². The number of nitrogens with one attached hydrogen (secondary N) is 2. The Hall–Kier alpha value is -3.35. The van der Waals surface area contributed by atoms with E-state index in [4.69, 9.17) is 9.84 Å². The summed E-state index contributed by atoms with van der Waals surface area (Å²) in [6.45, 7) is -0.295. The first-order chi connectivity index (χ1) is 11.1. The second-order valence-electron chi connectivity index (χ2n) is 4.47. The van der Waals surface area contributed by atoms with Gasteiger partial charge in [-0.25, -0.2) is 4.79 Å². The molecule has 0 unspecified atom stereocenters. The lowest BCUT2D eigenvalue weighted by Gasteiger charge is -2.09. The van der Waals surface area contributed by atoms with E-state index in [2.05, 4.69) is 5.43 Å². The molecule has 0 saturated heterocycles. The highest BCUT2D eigenvalue weighted by Gasteiger charge is 2.06. The van der Waals surface area contributed by atoms with Crippen molar-refractivity contribution < 1.29 is 24.2 Å². The van der Waals surface area contributed by atoms with Crippen LogP contribution in [0.25, 0.3) is 10.8 Å². The normalized spacial score (nSPS) is 10.4. The molecule has 0 bridgehead atoms. The first kappa shape index (κ1) is 16.0. The van der Waals surface area contributed by atoms with Gasteiger partial charge in [-0.05, 0) is 11.5 Å². The first-order valence-corrected chi connectivity index (χ1v) is 6.66. The molecule has 0 spiro atoms. The Morgan fingerprint density at radius 1 is 1.00 bits per heavy atom. The van der Waals surface area contributed by atoms with Crippen LogP contribution >= 0.6 is 0 Å². The van der Waals surface area contributed by atoms with Crippen molar-refractivity contribution in [3.8, 4) is 5.75 Å². The zero-order chi connectivity index (χ0) is 16.7. The number of hydrazine groups is 1. The molecule has 0 aliphatic rings. The second-order valence-corrected chi connectivity index (χ2v) is 4.47. The van der Waals surface area contributed by atoms with Gasteiger partial charge in [0, 0.05) is 17.5 Å². The molecule has 0 aliphatic heterocycles. The van der Waals surface area contributed by atoms with Crippen molar-refractivity contribution in [1.29, 1.82) is 0 Å². The number of hydrogen-bond acceptors (Lipinski definition) is 4. The fraction of sp³-hybridized carbons (Fsp3) is 0.0625. The molecule has 0 atom stereocenters. The molecule has 0 fully saturated rings. The lowest BCUT2D eigenvalue weighted by atomic mass is 10.1. The van der Waals surface area contributed by atoms with Gasteiger partial charge >= 0.3 is 5.97 Å². The summed E-state index contributed by atoms with van der Waals surface area (Å²) in [5, 5.41) is 10.2. The van der Waals surface area contributed by atoms with Gasteiger partial charge < -0.3 is 9.84 Å². The van der Waals surface area contributed by atoms with E-state index in [-0.39, 0.29) is 6.61 Å². The van der Waals surface area contributed by atoms with Crippen LogP contribution in [-0.2, 0) is 14.4 Å². The van der Waals surface area contributed by atoms with Gasteiger partial charge in [0.05, 0.1) is 0 Å². The van der Waals surface area contributed by atoms with Crippen molar-refractivity contribution in [2.45, 2.75) is 0 Å². The van der Waals surface area contributed by atoms with Crippen LogP contribution in [0.5, 0.6) is 5.75 Å². The molecule has 0 aliphatic carbocycles. The van der Waals surface area contributed by atoms with E-state index >= 15 is 0 Å². The number of carbonyl (C=O) groups is 3. The maximum absolute atomic E-state index is 11.6. The summed E-state index contributed by atoms with van der Waals surface area (Å²) in [6.07, 6.45) is 1.45. The fourth-order valence-electron chi connectivity index (χ4n) is 1.82. The molecule has 0 radical (unpaired) electrons. The van der Waals surface area contributed by atoms with E-state index in [0.29, 0.717) is 11.8 Å². The minimum absolute atomic E-state index is 0.295. The predicted octanol–water partition coefficient (Wildman–Crippen LogP) is 1.01. The lowest BCUT2D eigenvalue weighted by molar-refractivity contribution is -0.131. The molecule has 0 saturated carbocycles. The number of carboxylic acids is 1. The van der Waals surface area contributed by atoms with Gasteiger partial charge in [0.2, 0.25) is 0 Å². The highest BCUT2D eigenvalue weighted by atomic mass is 16.5. The zero-order valence-electron chi connectivity index (χ0n) is 12.0. The van der Waals surface area contributed by atoms with Crippen LogP contribution in [0.1, 0.15) is 0 Å². The summed E-state index contributed by atoms with van der Waals surface area (Å²) in [4.78, 5) is 33.0. The van der Waals surface area contributed by atoms with Crippen molar-refractivity contribution in [1.82, 2.24) is 10.9 Å². The minimum Gasteiger partial charge on any atom is -0.483 e. The number of fused-ring (bicyclic) bond motifs is 1. The lowest BCUT2D eigenvalue weighted by Crippen LogP contribution is -2.43. The Labute approximate surface area is 131 Å². The number of rotatable bonds is 5. The van der Waals surface area contributed by atoms with E-state index in [9.17, 15) is 14.4 Å². The van der Waals surface area contributed by atoms with Gasteiger partial charge in [-0.15, -0.1) is 0 Å². The third-order valence-corrected chi connectivity index (χ3v) is 2.81. The van der Waals surface area contributed by atoms with E-state index < -0.39 is 17.8 Å². The van der Waals surface area contributed by atoms with Crippen molar-refractivity contribution in [3.63, 3.8) is 0 Å². The molecule has 2 rings (SSSR count). The maximum atomic E-state index is 11.6. The van der Waals surface area contributed by atoms with Crippen molar-refractivity contribution in [2.24, 2.45) is 0 Å². The van der Waals surface area contributed by atoms with Crippen LogP contribution in [0.2, 0.25) is 0 Å². The molecule has 0 aromatic heterocycles. The van der Waals surface area contributed by atoms with Gasteiger partial charge in [-0.2, -0.15) is 0 Å². The predicted molar refractivity (Wildman–Crippen MR) is 82.5 cm³/mol. The minimum atomic E-state index is -1.26. The summed E-state index contributed by atoms with van der Waals surface area (Å²) in [6, 6.07) is 13.1. The second kappa shape index (κ2) is 7.60. The van der Waals surface area contributed by atoms with Crippen molar-refractivity contribution >= 4 is 28.6 Å². The van der Waals surface area contributed by atoms with Gasteiger partial charge in [0.1, 0.15) is 5.75 Å². The number of benzene rings is 2. The van der Waals surface area contributed by atoms with Crippen molar-refractivity contribution in [3.05, 3.63) is 54.6 Å². The third-order valence-electron chi connectivity index (χ3n) is 2.81. The molecule has 2 aromatic rings. The van der Waals surface area contributed by atoms with Gasteiger partial charge in [-0.3, -0.25) is 20.4 Å². The van der Waals surface area contributed by atoms with Gasteiger partial charge in [-0.1, -0.05) is 36.4 Å². The van der Waals surface area contributed by atoms with Gasteiger partial charge in [0.25, 0.3) is 11.8 Å². The van der Waals surface area contributed by atoms with Crippen LogP contribution < -0.4 is 15.6 Å². The number of amides is 2. The number of carbonyl (C=O) groups excluding carboxylic acids is 2. The summed E-state index contributed by atoms with van der Waals surface area (Å²) < 4.78 is 5.44. The summed E-state index contributed by atoms with van der Waals surface area (Å²) >= 11 is 0. The molecule has 2 aromatic carbocycles. The van der Waals surface area contributed by atoms with E-state index in [1.807, 2.05) is 41.8 Å². The van der Waals surface area contributed by atoms with Crippen LogP contribution in [-0.4, -0.2) is 29.5 Å². The molecule has 118 valence electrons. The van der Waals surface area contributed by atoms with Crippen LogP contribution in [0, 0.1) is 0 Å². The molecule has 0 heterocycles. The van der Waals surface area contributed by atoms with Crippen LogP contribution in [0.4, 0.5) is 0 Å². The Kier molecular flexibility index (Phi) is 5.30. The van der Waals surface area contributed by atoms with Crippen LogP contribution in [0.15, 0.2) is 54.6 Å². The fourth-order valence-corrected chi connectivity index (χ4v) is 1.82. The monoisotopic (exact) mass is 314 g/mol. The smallest absolute Gasteiger partial charge is 0.328 e. The maximum Gasteiger partial charge on any atom is 0.328 e. The van der Waals surface area contributed by atoms with E-state index in [0.717, 1.165) is 16.8 Å². The Morgan fingerprint density at radius 3 is 2.52 bits per heavy atom. The average Bonchev–Trinajstić information content (AvgIpc) is 2.56. The number of aliphatic carboxylic acids is 1. The molecular weight excluding hydrogens is 300 g/mol. The Morgan fingerprint density at radius 2 is 1.74 bits per heavy atom. The number of ether oxygens (including phenoxy) is 1. The zero-order valence-corrected chi connectivity index (χ0v) is 12.0. The molecule has 7 nitrogen and oxygen atoms in total. The summed E-state index contributed by atoms with van der Waals surface area (Å²) in [7, 11) is 0. The van der Waals surface area contributed by atoms with Crippen molar-refractivity contribution in [2.75, 3.05) is 6.61 Å². The quantitative estimate of drug-likeness (QED) is 0.564. The largest absolute Gasteiger partial charge is 0.483 e. The SMILES string of the molecule is O=C(O)C=CC(=O)NNC(=O)COc1cccc2ccccc12. The third kappa shape index (κ3) is 4.85. The Balaban J connectivity index is 1.87. The van der Waals surface area contributed by atoms with Gasteiger partial charge in [0.15, 0.2) is 6.61 Å². The van der Waals surface area contributed by atoms with E-state index in [1.54, 1.807) is 6.07 Å². The molecule has 23 heavy (non-hydrogen) atoms. The summed E-state index contributed by atoms with van der Waals surface area (Å²) in [5.74, 6) is -2.04. The molecule has 7 heteroatoms.